The topological polar surface area (TPSA) is 106 Å². The summed E-state index contributed by atoms with van der Waals surface area (Å²) in [5.74, 6) is 2.35. The number of aromatic amines is 1. The van der Waals surface area contributed by atoms with Crippen LogP contribution in [0.25, 0.3) is 15.7 Å². The molecular weight excluding hydrogens is 452 g/mol. The number of nitrogens with one attached hydrogen (secondary N) is 3. The van der Waals surface area contributed by atoms with Crippen LogP contribution in [0.15, 0.2) is 30.5 Å². The summed E-state index contributed by atoms with van der Waals surface area (Å²) in [6.45, 7) is 13.0. The Kier molecular flexibility index (Phi) is 9.09. The van der Waals surface area contributed by atoms with Gasteiger partial charge in [-0.3, -0.25) is 15.0 Å². The van der Waals surface area contributed by atoms with Crippen LogP contribution in [0, 0.1) is 13.5 Å². The van der Waals surface area contributed by atoms with E-state index in [-0.39, 0.29) is 0 Å². The highest BCUT2D eigenvalue weighted by atomic mass is 16.2. The number of piperidine rings is 2. The second-order valence-corrected chi connectivity index (χ2v) is 9.74. The number of anilines is 3. The number of aromatic nitrogens is 4. The van der Waals surface area contributed by atoms with Crippen molar-refractivity contribution in [3.8, 4) is 0 Å². The molecule has 2 aliphatic rings. The van der Waals surface area contributed by atoms with Crippen molar-refractivity contribution < 1.29 is 5.11 Å². The minimum Gasteiger partial charge on any atom is -0.396 e. The fourth-order valence-corrected chi connectivity index (χ4v) is 5.34. The summed E-state index contributed by atoms with van der Waals surface area (Å²) in [5.41, 5.74) is 1.90. The number of aryl methyl sites for hydroxylation is 1. The predicted octanol–water partition coefficient (Wildman–Crippen LogP) is 4.90. The van der Waals surface area contributed by atoms with Gasteiger partial charge in [0.05, 0.1) is 12.1 Å². The van der Waals surface area contributed by atoms with Gasteiger partial charge in [-0.15, -0.1) is 0 Å². The van der Waals surface area contributed by atoms with Crippen molar-refractivity contribution in [2.24, 2.45) is 0 Å². The van der Waals surface area contributed by atoms with Crippen molar-refractivity contribution >= 4 is 28.4 Å². The zero-order valence-electron chi connectivity index (χ0n) is 21.4. The maximum Gasteiger partial charge on any atom is 0.227 e. The highest BCUT2D eigenvalue weighted by molar-refractivity contribution is 5.91. The smallest absolute Gasteiger partial charge is 0.227 e. The van der Waals surface area contributed by atoms with E-state index in [4.69, 9.17) is 16.7 Å². The van der Waals surface area contributed by atoms with Crippen LogP contribution in [0.1, 0.15) is 57.6 Å². The lowest BCUT2D eigenvalue weighted by molar-refractivity contribution is 0.0395. The highest BCUT2D eigenvalue weighted by Gasteiger charge is 2.38. The average molecular weight is 491 g/mol. The molecule has 1 unspecified atom stereocenters. The molecule has 0 aromatic carbocycles. The number of aliphatic hydroxyl groups excluding tert-OH is 1. The van der Waals surface area contributed by atoms with Crippen molar-refractivity contribution in [2.45, 2.75) is 76.9 Å². The fourth-order valence-electron chi connectivity index (χ4n) is 5.34. The van der Waals surface area contributed by atoms with E-state index in [1.165, 1.54) is 19.3 Å². The molecule has 36 heavy (non-hydrogen) atoms. The fraction of sp³-hybridized carbons (Fsp3) is 0.556. The first-order chi connectivity index (χ1) is 17.6. The van der Waals surface area contributed by atoms with Gasteiger partial charge in [0.1, 0.15) is 11.6 Å². The van der Waals surface area contributed by atoms with Gasteiger partial charge in [0.25, 0.3) is 0 Å². The van der Waals surface area contributed by atoms with Gasteiger partial charge >= 0.3 is 0 Å². The van der Waals surface area contributed by atoms with E-state index in [1.54, 1.807) is 0 Å². The van der Waals surface area contributed by atoms with Crippen LogP contribution >= 0.6 is 0 Å². The van der Waals surface area contributed by atoms with Crippen LogP contribution in [-0.2, 0) is 0 Å². The summed E-state index contributed by atoms with van der Waals surface area (Å²) in [7, 11) is 0. The number of hydrogen-bond acceptors (Lipinski definition) is 7. The standard InChI is InChI=1S/C23H28N8.C4H10O/c1-15-11-22(30-29-15)27-21-14-20-19(7-4-8-25-20)23(28-21)26-16-12-17-5-3-6-18(13-16)31(17)10-9-24-2;1-2-3-4-5/h4,7-8,11,14,16-18H,3,5-6,9-10,12-13H2,1H3,(H3,26,27,28,29,30);5H,2-4H2,1H3/t16?,17-,18+;. The molecule has 0 aliphatic carbocycles. The van der Waals surface area contributed by atoms with Gasteiger partial charge in [0.15, 0.2) is 5.82 Å². The molecule has 2 bridgehead atoms. The van der Waals surface area contributed by atoms with Crippen LogP contribution in [0.2, 0.25) is 0 Å². The second-order valence-electron chi connectivity index (χ2n) is 9.74. The molecule has 0 spiro atoms. The van der Waals surface area contributed by atoms with Gasteiger partial charge in [-0.1, -0.05) is 19.8 Å². The van der Waals surface area contributed by atoms with E-state index in [2.05, 4.69) is 48.5 Å². The molecule has 2 saturated heterocycles. The van der Waals surface area contributed by atoms with Gasteiger partial charge in [-0.05, 0) is 51.2 Å². The predicted molar refractivity (Wildman–Crippen MR) is 144 cm³/mol. The Morgan fingerprint density at radius 1 is 1.22 bits per heavy atom. The highest BCUT2D eigenvalue weighted by Crippen LogP contribution is 2.36. The number of fused-ring (bicyclic) bond motifs is 3. The molecular formula is C27H38N8O. The third-order valence-corrected chi connectivity index (χ3v) is 7.01. The third-order valence-electron chi connectivity index (χ3n) is 7.01. The number of nitrogens with zero attached hydrogens (tertiary/aromatic N) is 5. The largest absolute Gasteiger partial charge is 0.396 e. The Balaban J connectivity index is 0.000000556. The molecule has 4 N–H and O–H groups in total. The Hall–Kier alpha value is -3.22. The van der Waals surface area contributed by atoms with Crippen molar-refractivity contribution in [1.82, 2.24) is 25.1 Å². The van der Waals surface area contributed by atoms with Crippen LogP contribution in [0.5, 0.6) is 0 Å². The molecule has 9 nitrogen and oxygen atoms in total. The molecule has 0 radical (unpaired) electrons. The van der Waals surface area contributed by atoms with E-state index in [1.807, 2.05) is 31.3 Å². The van der Waals surface area contributed by atoms with Crippen LogP contribution < -0.4 is 10.6 Å². The summed E-state index contributed by atoms with van der Waals surface area (Å²) in [6.07, 6.45) is 9.78. The molecule has 192 valence electrons. The van der Waals surface area contributed by atoms with Crippen molar-refractivity contribution in [3.63, 3.8) is 0 Å². The maximum atomic E-state index is 8.07. The molecule has 2 fully saturated rings. The van der Waals surface area contributed by atoms with Gasteiger partial charge < -0.3 is 20.6 Å². The summed E-state index contributed by atoms with van der Waals surface area (Å²) in [4.78, 5) is 15.6. The zero-order chi connectivity index (χ0) is 25.3. The second kappa shape index (κ2) is 12.7. The van der Waals surface area contributed by atoms with Crippen LogP contribution in [0.4, 0.5) is 17.5 Å². The number of aliphatic hydroxyl groups is 1. The lowest BCUT2D eigenvalue weighted by Crippen LogP contribution is -2.55. The normalized spacial score (nSPS) is 21.3. The van der Waals surface area contributed by atoms with Gasteiger partial charge in [-0.2, -0.15) is 5.10 Å². The SMILES string of the molecule is CCCCO.[C-]#[N+]CCN1[C@@H]2CCC[C@H]1CC(Nc1nc(Nc3cc(C)[nH]n3)cc3ncccc13)C2. The van der Waals surface area contributed by atoms with Gasteiger partial charge in [-0.25, -0.2) is 11.6 Å². The molecule has 5 heterocycles. The third kappa shape index (κ3) is 6.50. The van der Waals surface area contributed by atoms with Gasteiger partial charge in [0, 0.05) is 54.1 Å². The first kappa shape index (κ1) is 25.9. The number of H-pyrrole nitrogens is 1. The van der Waals surface area contributed by atoms with Crippen molar-refractivity contribution in [2.75, 3.05) is 30.3 Å². The molecule has 0 amide bonds. The van der Waals surface area contributed by atoms with E-state index in [0.717, 1.165) is 66.3 Å². The van der Waals surface area contributed by atoms with Crippen LogP contribution in [0.3, 0.4) is 0 Å². The summed E-state index contributed by atoms with van der Waals surface area (Å²) in [5, 5.41) is 23.4. The summed E-state index contributed by atoms with van der Waals surface area (Å²) < 4.78 is 0. The number of rotatable bonds is 8. The van der Waals surface area contributed by atoms with Crippen molar-refractivity contribution in [1.29, 1.82) is 0 Å². The van der Waals surface area contributed by atoms with Crippen molar-refractivity contribution in [3.05, 3.63) is 47.6 Å². The molecule has 9 heteroatoms. The van der Waals surface area contributed by atoms with E-state index < -0.39 is 0 Å². The molecule has 0 saturated carbocycles. The first-order valence-electron chi connectivity index (χ1n) is 13.1. The lowest BCUT2D eigenvalue weighted by Gasteiger charge is -2.48. The Bertz CT molecular complexity index is 1140. The Morgan fingerprint density at radius 2 is 2.03 bits per heavy atom. The molecule has 2 aliphatic heterocycles. The first-order valence-corrected chi connectivity index (χ1v) is 13.1. The zero-order valence-corrected chi connectivity index (χ0v) is 21.4. The molecule has 3 aromatic heterocycles. The average Bonchev–Trinajstić information content (AvgIpc) is 3.28. The lowest BCUT2D eigenvalue weighted by atomic mass is 9.81. The van der Waals surface area contributed by atoms with E-state index >= 15 is 0 Å². The van der Waals surface area contributed by atoms with E-state index in [9.17, 15) is 0 Å². The molecule has 3 aromatic rings. The number of pyridine rings is 2. The minimum absolute atomic E-state index is 0.344. The minimum atomic E-state index is 0.344. The molecule has 3 atom stereocenters. The summed E-state index contributed by atoms with van der Waals surface area (Å²) in [6, 6.07) is 9.45. The van der Waals surface area contributed by atoms with Crippen LogP contribution in [-0.4, -0.2) is 68.0 Å². The Morgan fingerprint density at radius 3 is 2.67 bits per heavy atom. The monoisotopic (exact) mass is 490 g/mol. The quantitative estimate of drug-likeness (QED) is 0.333. The summed E-state index contributed by atoms with van der Waals surface area (Å²) >= 11 is 0. The number of unbranched alkanes of at least 4 members (excludes halogenated alkanes) is 1. The Labute approximate surface area is 213 Å². The molecule has 5 rings (SSSR count). The number of hydrogen-bond donors (Lipinski definition) is 4. The van der Waals surface area contributed by atoms with E-state index in [0.29, 0.717) is 31.3 Å². The maximum absolute atomic E-state index is 8.07. The van der Waals surface area contributed by atoms with Gasteiger partial charge in [0.2, 0.25) is 6.54 Å².